The summed E-state index contributed by atoms with van der Waals surface area (Å²) >= 11 is 9.75. The lowest BCUT2D eigenvalue weighted by Gasteiger charge is -1.97. The highest BCUT2D eigenvalue weighted by Crippen LogP contribution is 2.28. The highest BCUT2D eigenvalue weighted by atomic mass is 127. The number of benzene rings is 2. The van der Waals surface area contributed by atoms with Crippen LogP contribution in [0.1, 0.15) is 0 Å². The quantitative estimate of drug-likeness (QED) is 0.423. The van der Waals surface area contributed by atoms with Gasteiger partial charge in [-0.3, -0.25) is 0 Å². The van der Waals surface area contributed by atoms with Crippen LogP contribution in [0.4, 0.5) is 0 Å². The molecule has 0 saturated heterocycles. The molecule has 0 N–H and O–H groups in total. The van der Waals surface area contributed by atoms with Crippen LogP contribution in [-0.2, 0) is 0 Å². The minimum atomic E-state index is 0.697. The second-order valence-corrected chi connectivity index (χ2v) is 7.28. The van der Waals surface area contributed by atoms with E-state index in [0.29, 0.717) is 5.02 Å². The highest BCUT2D eigenvalue weighted by molar-refractivity contribution is 14.1. The van der Waals surface area contributed by atoms with Crippen LogP contribution in [0.3, 0.4) is 0 Å². The Morgan fingerprint density at radius 3 is 2.32 bits per heavy atom. The van der Waals surface area contributed by atoms with Gasteiger partial charge in [0.25, 0.3) is 0 Å². The zero-order valence-corrected chi connectivity index (χ0v) is 14.8. The number of halogens is 2. The maximum atomic E-state index is 5.93. The summed E-state index contributed by atoms with van der Waals surface area (Å²) in [5.41, 5.74) is 2.02. The summed E-state index contributed by atoms with van der Waals surface area (Å²) in [5, 5.41) is 14.7. The molecule has 0 spiro atoms. The SMILES string of the molecule is Clc1ccc(-c2nnc3sc(-c4ccc(I)cc4)nn23)cc1. The fourth-order valence-corrected chi connectivity index (χ4v) is 3.44. The molecule has 108 valence electrons. The van der Waals surface area contributed by atoms with Crippen LogP contribution in [0.25, 0.3) is 26.9 Å². The first-order valence-corrected chi connectivity index (χ1v) is 8.72. The Labute approximate surface area is 148 Å². The zero-order chi connectivity index (χ0) is 15.1. The summed E-state index contributed by atoms with van der Waals surface area (Å²) in [6, 6.07) is 15.8. The van der Waals surface area contributed by atoms with Gasteiger partial charge in [0, 0.05) is 19.7 Å². The largest absolute Gasteiger partial charge is 0.235 e. The Morgan fingerprint density at radius 2 is 1.59 bits per heavy atom. The van der Waals surface area contributed by atoms with Gasteiger partial charge in [-0.1, -0.05) is 35.1 Å². The minimum Gasteiger partial charge on any atom is -0.182 e. The Hall–Kier alpha value is -1.51. The maximum Gasteiger partial charge on any atom is 0.235 e. The van der Waals surface area contributed by atoms with Gasteiger partial charge in [-0.05, 0) is 59.0 Å². The Morgan fingerprint density at radius 1 is 0.909 bits per heavy atom. The van der Waals surface area contributed by atoms with Crippen molar-refractivity contribution in [1.29, 1.82) is 0 Å². The second kappa shape index (κ2) is 5.60. The molecule has 0 aliphatic rings. The van der Waals surface area contributed by atoms with Crippen LogP contribution >= 0.6 is 45.5 Å². The van der Waals surface area contributed by atoms with E-state index in [1.807, 2.05) is 24.3 Å². The average molecular weight is 439 g/mol. The van der Waals surface area contributed by atoms with Crippen molar-refractivity contribution in [2.45, 2.75) is 0 Å². The third-order valence-corrected chi connectivity index (χ3v) is 5.10. The van der Waals surface area contributed by atoms with Crippen LogP contribution in [0.5, 0.6) is 0 Å². The number of hydrogen-bond donors (Lipinski definition) is 0. The average Bonchev–Trinajstić information content (AvgIpc) is 3.09. The van der Waals surface area contributed by atoms with Gasteiger partial charge >= 0.3 is 0 Å². The van der Waals surface area contributed by atoms with E-state index in [-0.39, 0.29) is 0 Å². The lowest BCUT2D eigenvalue weighted by atomic mass is 10.2. The Kier molecular flexibility index (Phi) is 3.59. The van der Waals surface area contributed by atoms with Crippen molar-refractivity contribution in [3.8, 4) is 22.0 Å². The first-order chi connectivity index (χ1) is 10.7. The minimum absolute atomic E-state index is 0.697. The van der Waals surface area contributed by atoms with Crippen molar-refractivity contribution in [2.24, 2.45) is 0 Å². The normalized spacial score (nSPS) is 11.2. The van der Waals surface area contributed by atoms with E-state index in [2.05, 4.69) is 62.2 Å². The van der Waals surface area contributed by atoms with E-state index in [4.69, 9.17) is 11.6 Å². The predicted octanol–water partition coefficient (Wildman–Crippen LogP) is 4.78. The van der Waals surface area contributed by atoms with Crippen LogP contribution < -0.4 is 0 Å². The van der Waals surface area contributed by atoms with Gasteiger partial charge in [0.2, 0.25) is 4.96 Å². The molecule has 7 heteroatoms. The summed E-state index contributed by atoms with van der Waals surface area (Å²) in [4.78, 5) is 0.776. The van der Waals surface area contributed by atoms with E-state index >= 15 is 0 Å². The fraction of sp³-hybridized carbons (Fsp3) is 0. The molecular formula is C15H8ClIN4S. The molecular weight excluding hydrogens is 431 g/mol. The third kappa shape index (κ3) is 2.51. The van der Waals surface area contributed by atoms with E-state index < -0.39 is 0 Å². The molecule has 2 heterocycles. The van der Waals surface area contributed by atoms with E-state index in [9.17, 15) is 0 Å². The fourth-order valence-electron chi connectivity index (χ4n) is 2.11. The summed E-state index contributed by atoms with van der Waals surface area (Å²) < 4.78 is 2.98. The number of nitrogens with zero attached hydrogens (tertiary/aromatic N) is 4. The number of hydrogen-bond acceptors (Lipinski definition) is 4. The van der Waals surface area contributed by atoms with Gasteiger partial charge in [-0.2, -0.15) is 9.61 Å². The van der Waals surface area contributed by atoms with Crippen LogP contribution in [-0.4, -0.2) is 19.8 Å². The van der Waals surface area contributed by atoms with Crippen LogP contribution in [0.2, 0.25) is 5.02 Å². The van der Waals surface area contributed by atoms with Crippen LogP contribution in [0, 0.1) is 3.57 Å². The topological polar surface area (TPSA) is 43.1 Å². The standard InChI is InChI=1S/C15H8ClIN4S/c16-11-5-1-9(2-6-11)13-18-19-15-21(13)20-14(22-15)10-3-7-12(17)8-4-10/h1-8H. The van der Waals surface area contributed by atoms with E-state index in [0.717, 1.165) is 26.9 Å². The number of aromatic nitrogens is 4. The van der Waals surface area contributed by atoms with Gasteiger partial charge in [0.05, 0.1) is 0 Å². The van der Waals surface area contributed by atoms with Crippen molar-refractivity contribution >= 4 is 50.5 Å². The van der Waals surface area contributed by atoms with Gasteiger partial charge in [-0.15, -0.1) is 10.2 Å². The van der Waals surface area contributed by atoms with Crippen LogP contribution in [0.15, 0.2) is 48.5 Å². The van der Waals surface area contributed by atoms with Crippen molar-refractivity contribution in [3.63, 3.8) is 0 Å². The highest BCUT2D eigenvalue weighted by Gasteiger charge is 2.14. The molecule has 0 fully saturated rings. The van der Waals surface area contributed by atoms with Crippen molar-refractivity contribution in [3.05, 3.63) is 57.1 Å². The number of rotatable bonds is 2. The first-order valence-electron chi connectivity index (χ1n) is 6.45. The summed E-state index contributed by atoms with van der Waals surface area (Å²) in [6.45, 7) is 0. The van der Waals surface area contributed by atoms with Gasteiger partial charge in [0.15, 0.2) is 5.82 Å². The monoisotopic (exact) mass is 438 g/mol. The molecule has 2 aromatic carbocycles. The lowest BCUT2D eigenvalue weighted by molar-refractivity contribution is 0.970. The summed E-state index contributed by atoms with van der Waals surface area (Å²) in [5.74, 6) is 0.722. The maximum absolute atomic E-state index is 5.93. The van der Waals surface area contributed by atoms with Crippen molar-refractivity contribution in [2.75, 3.05) is 0 Å². The smallest absolute Gasteiger partial charge is 0.182 e. The first kappa shape index (κ1) is 14.1. The van der Waals surface area contributed by atoms with Gasteiger partial charge in [-0.25, -0.2) is 0 Å². The van der Waals surface area contributed by atoms with Crippen molar-refractivity contribution in [1.82, 2.24) is 19.8 Å². The molecule has 22 heavy (non-hydrogen) atoms. The van der Waals surface area contributed by atoms with Gasteiger partial charge < -0.3 is 0 Å². The van der Waals surface area contributed by atoms with Crippen molar-refractivity contribution < 1.29 is 0 Å². The third-order valence-electron chi connectivity index (χ3n) is 3.18. The van der Waals surface area contributed by atoms with E-state index in [1.54, 1.807) is 4.52 Å². The second-order valence-electron chi connectivity index (χ2n) is 4.64. The Bertz CT molecular complexity index is 944. The predicted molar refractivity (Wildman–Crippen MR) is 97.3 cm³/mol. The molecule has 0 atom stereocenters. The summed E-state index contributed by atoms with van der Waals surface area (Å²) in [6.07, 6.45) is 0. The molecule has 4 rings (SSSR count). The molecule has 2 aromatic heterocycles. The molecule has 0 saturated carbocycles. The van der Waals surface area contributed by atoms with Gasteiger partial charge in [0.1, 0.15) is 5.01 Å². The molecule has 0 aliphatic carbocycles. The molecule has 0 radical (unpaired) electrons. The summed E-state index contributed by atoms with van der Waals surface area (Å²) in [7, 11) is 0. The van der Waals surface area contributed by atoms with E-state index in [1.165, 1.54) is 14.9 Å². The molecule has 0 aliphatic heterocycles. The lowest BCUT2D eigenvalue weighted by Crippen LogP contribution is -1.90. The molecule has 4 nitrogen and oxygen atoms in total. The molecule has 0 bridgehead atoms. The number of fused-ring (bicyclic) bond motifs is 1. The Balaban J connectivity index is 1.82. The molecule has 0 amide bonds. The molecule has 0 unspecified atom stereocenters. The zero-order valence-electron chi connectivity index (χ0n) is 11.1. The molecule has 4 aromatic rings.